The van der Waals surface area contributed by atoms with Crippen LogP contribution in [0.4, 0.5) is 0 Å². The van der Waals surface area contributed by atoms with E-state index in [0.29, 0.717) is 6.54 Å². The van der Waals surface area contributed by atoms with Gasteiger partial charge in [-0.25, -0.2) is 0 Å². The lowest BCUT2D eigenvalue weighted by atomic mass is 9.79. The molecule has 3 heterocycles. The van der Waals surface area contributed by atoms with Crippen LogP contribution in [0.15, 0.2) is 16.8 Å². The van der Waals surface area contributed by atoms with Crippen molar-refractivity contribution in [2.24, 2.45) is 0 Å². The van der Waals surface area contributed by atoms with Crippen molar-refractivity contribution in [3.8, 4) is 0 Å². The van der Waals surface area contributed by atoms with E-state index in [2.05, 4.69) is 20.4 Å². The van der Waals surface area contributed by atoms with Crippen molar-refractivity contribution in [2.75, 3.05) is 52.5 Å². The van der Waals surface area contributed by atoms with Gasteiger partial charge in [-0.1, -0.05) is 19.3 Å². The summed E-state index contributed by atoms with van der Waals surface area (Å²) in [5, 5.41) is 10.2. The second kappa shape index (κ2) is 10.9. The molecule has 1 aliphatic carbocycles. The number of hydrogen-bond donors (Lipinski definition) is 2. The smallest absolute Gasteiger partial charge is 0.252 e. The van der Waals surface area contributed by atoms with Gasteiger partial charge in [0, 0.05) is 55.2 Å². The van der Waals surface area contributed by atoms with E-state index >= 15 is 0 Å². The van der Waals surface area contributed by atoms with Gasteiger partial charge in [0.25, 0.3) is 5.91 Å². The summed E-state index contributed by atoms with van der Waals surface area (Å²) in [6.45, 7) is 6.43. The first kappa shape index (κ1) is 22.7. The minimum atomic E-state index is 0.0123. The van der Waals surface area contributed by atoms with Crippen LogP contribution in [0, 0.1) is 0 Å². The molecule has 31 heavy (non-hydrogen) atoms. The SMILES string of the molecule is O=C(CN1CCC(NC(=O)c2ccsc2)CC1)NCC1(N2CCOCC2)CCCCC1. The Hall–Kier alpha value is -1.48. The van der Waals surface area contributed by atoms with Crippen LogP contribution in [0.25, 0.3) is 0 Å². The zero-order valence-corrected chi connectivity index (χ0v) is 19.3. The van der Waals surface area contributed by atoms with E-state index in [1.165, 1.54) is 43.4 Å². The number of ether oxygens (including phenoxy) is 1. The lowest BCUT2D eigenvalue weighted by Gasteiger charge is -2.48. The molecule has 2 aliphatic heterocycles. The largest absolute Gasteiger partial charge is 0.379 e. The molecule has 0 atom stereocenters. The number of morpholine rings is 1. The molecule has 1 aromatic heterocycles. The fraction of sp³-hybridized carbons (Fsp3) is 0.739. The number of carbonyl (C=O) groups excluding carboxylic acids is 2. The summed E-state index contributed by atoms with van der Waals surface area (Å²) in [6, 6.07) is 2.05. The molecule has 2 N–H and O–H groups in total. The van der Waals surface area contributed by atoms with Crippen molar-refractivity contribution in [1.82, 2.24) is 20.4 Å². The molecule has 0 spiro atoms. The van der Waals surface area contributed by atoms with Crippen LogP contribution in [0.5, 0.6) is 0 Å². The molecule has 1 aromatic rings. The zero-order chi connectivity index (χ0) is 21.5. The Morgan fingerprint density at radius 3 is 2.52 bits per heavy atom. The third-order valence-corrected chi connectivity index (χ3v) is 7.84. The lowest BCUT2D eigenvalue weighted by Crippen LogP contribution is -2.60. The summed E-state index contributed by atoms with van der Waals surface area (Å²) >= 11 is 1.54. The summed E-state index contributed by atoms with van der Waals surface area (Å²) in [7, 11) is 0. The normalized spacial score (nSPS) is 23.4. The van der Waals surface area contributed by atoms with Gasteiger partial charge in [0.15, 0.2) is 0 Å². The predicted molar refractivity (Wildman–Crippen MR) is 122 cm³/mol. The van der Waals surface area contributed by atoms with Gasteiger partial charge in [0.2, 0.25) is 5.91 Å². The molecule has 3 fully saturated rings. The van der Waals surface area contributed by atoms with Crippen molar-refractivity contribution >= 4 is 23.2 Å². The Kier molecular flexibility index (Phi) is 7.98. The number of rotatable bonds is 7. The summed E-state index contributed by atoms with van der Waals surface area (Å²) in [5.74, 6) is 0.136. The number of nitrogens with zero attached hydrogens (tertiary/aromatic N) is 2. The highest BCUT2D eigenvalue weighted by Gasteiger charge is 2.38. The number of piperidine rings is 1. The van der Waals surface area contributed by atoms with Crippen molar-refractivity contribution in [3.05, 3.63) is 22.4 Å². The van der Waals surface area contributed by atoms with Gasteiger partial charge in [0.05, 0.1) is 19.8 Å². The van der Waals surface area contributed by atoms with Crippen molar-refractivity contribution < 1.29 is 14.3 Å². The number of likely N-dealkylation sites (tertiary alicyclic amines) is 1. The molecular weight excluding hydrogens is 412 g/mol. The molecule has 7 nitrogen and oxygen atoms in total. The first-order valence-corrected chi connectivity index (χ1v) is 12.7. The van der Waals surface area contributed by atoms with Crippen molar-refractivity contribution in [2.45, 2.75) is 56.5 Å². The molecule has 0 unspecified atom stereocenters. The lowest BCUT2D eigenvalue weighted by molar-refractivity contribution is -0.123. The van der Waals surface area contributed by atoms with Gasteiger partial charge in [-0.15, -0.1) is 0 Å². The molecule has 1 saturated carbocycles. The van der Waals surface area contributed by atoms with E-state index in [4.69, 9.17) is 4.74 Å². The maximum absolute atomic E-state index is 12.7. The Balaban J connectivity index is 1.20. The highest BCUT2D eigenvalue weighted by molar-refractivity contribution is 7.08. The fourth-order valence-corrected chi connectivity index (χ4v) is 5.91. The Bertz CT molecular complexity index is 706. The van der Waals surface area contributed by atoms with Gasteiger partial charge in [-0.2, -0.15) is 11.3 Å². The van der Waals surface area contributed by atoms with Gasteiger partial charge in [0.1, 0.15) is 0 Å². The summed E-state index contributed by atoms with van der Waals surface area (Å²) in [5.41, 5.74) is 0.847. The molecule has 4 rings (SSSR count). The fourth-order valence-electron chi connectivity index (χ4n) is 5.27. The van der Waals surface area contributed by atoms with Crippen LogP contribution in [0.3, 0.4) is 0 Å². The van der Waals surface area contributed by atoms with Crippen LogP contribution in [-0.2, 0) is 9.53 Å². The number of thiophene rings is 1. The molecule has 2 amide bonds. The van der Waals surface area contributed by atoms with E-state index in [0.717, 1.165) is 64.3 Å². The summed E-state index contributed by atoms with van der Waals surface area (Å²) in [4.78, 5) is 29.7. The van der Waals surface area contributed by atoms with Gasteiger partial charge in [-0.3, -0.25) is 19.4 Å². The maximum Gasteiger partial charge on any atom is 0.252 e. The number of hydrogen-bond acceptors (Lipinski definition) is 6. The molecular formula is C23H36N4O3S. The molecule has 0 radical (unpaired) electrons. The summed E-state index contributed by atoms with van der Waals surface area (Å²) in [6.07, 6.45) is 7.92. The average Bonchev–Trinajstić information content (AvgIpc) is 3.36. The van der Waals surface area contributed by atoms with Gasteiger partial charge < -0.3 is 15.4 Å². The predicted octanol–water partition coefficient (Wildman–Crippen LogP) is 2.09. The number of amides is 2. The van der Waals surface area contributed by atoms with E-state index < -0.39 is 0 Å². The highest BCUT2D eigenvalue weighted by Crippen LogP contribution is 2.33. The van der Waals surface area contributed by atoms with E-state index in [1.54, 1.807) is 0 Å². The van der Waals surface area contributed by atoms with E-state index in [1.807, 2.05) is 16.8 Å². The molecule has 3 aliphatic rings. The molecule has 172 valence electrons. The third kappa shape index (κ3) is 6.06. The first-order chi connectivity index (χ1) is 15.1. The minimum Gasteiger partial charge on any atom is -0.379 e. The van der Waals surface area contributed by atoms with Crippen LogP contribution in [0.2, 0.25) is 0 Å². The number of carbonyl (C=O) groups is 2. The van der Waals surface area contributed by atoms with Gasteiger partial charge >= 0.3 is 0 Å². The second-order valence-electron chi connectivity index (χ2n) is 9.20. The second-order valence-corrected chi connectivity index (χ2v) is 9.98. The van der Waals surface area contributed by atoms with Crippen molar-refractivity contribution in [1.29, 1.82) is 0 Å². The highest BCUT2D eigenvalue weighted by atomic mass is 32.1. The third-order valence-electron chi connectivity index (χ3n) is 7.15. The molecule has 0 bridgehead atoms. The van der Waals surface area contributed by atoms with E-state index in [9.17, 15) is 9.59 Å². The average molecular weight is 449 g/mol. The molecule has 8 heteroatoms. The molecule has 2 saturated heterocycles. The van der Waals surface area contributed by atoms with Crippen LogP contribution in [0.1, 0.15) is 55.3 Å². The monoisotopic (exact) mass is 448 g/mol. The zero-order valence-electron chi connectivity index (χ0n) is 18.4. The van der Waals surface area contributed by atoms with Crippen LogP contribution >= 0.6 is 11.3 Å². The molecule has 0 aromatic carbocycles. The summed E-state index contributed by atoms with van der Waals surface area (Å²) < 4.78 is 5.55. The Labute approximate surface area is 189 Å². The quantitative estimate of drug-likeness (QED) is 0.668. The minimum absolute atomic E-state index is 0.0123. The maximum atomic E-state index is 12.7. The van der Waals surface area contributed by atoms with Crippen molar-refractivity contribution in [3.63, 3.8) is 0 Å². The van der Waals surface area contributed by atoms with Crippen LogP contribution in [-0.4, -0.2) is 85.7 Å². The Morgan fingerprint density at radius 2 is 1.84 bits per heavy atom. The first-order valence-electron chi connectivity index (χ1n) is 11.8. The number of nitrogens with one attached hydrogen (secondary N) is 2. The topological polar surface area (TPSA) is 73.9 Å². The standard InChI is InChI=1S/C23H36N4O3S/c28-21(24-18-23(7-2-1-3-8-23)27-11-13-30-14-12-27)16-26-9-4-20(5-10-26)25-22(29)19-6-15-31-17-19/h6,15,17,20H,1-5,7-14,16,18H2,(H,24,28)(H,25,29). The van der Waals surface area contributed by atoms with E-state index in [-0.39, 0.29) is 23.4 Å². The van der Waals surface area contributed by atoms with Gasteiger partial charge in [-0.05, 0) is 37.1 Å². The Morgan fingerprint density at radius 1 is 1.10 bits per heavy atom. The van der Waals surface area contributed by atoms with Crippen LogP contribution < -0.4 is 10.6 Å².